The number of nitrogens with zero attached hydrogens (tertiary/aromatic N) is 5. The van der Waals surface area contributed by atoms with Crippen LogP contribution in [0.25, 0.3) is 27.8 Å². The first-order valence-corrected chi connectivity index (χ1v) is 11.2. The van der Waals surface area contributed by atoms with Crippen molar-refractivity contribution < 1.29 is 4.74 Å². The molecule has 32 heavy (non-hydrogen) atoms. The number of anilines is 1. The lowest BCUT2D eigenvalue weighted by Gasteiger charge is -2.32. The summed E-state index contributed by atoms with van der Waals surface area (Å²) in [6, 6.07) is 16.9. The number of hydrogen-bond acceptors (Lipinski definition) is 6. The van der Waals surface area contributed by atoms with Gasteiger partial charge < -0.3 is 20.3 Å². The predicted octanol–water partition coefficient (Wildman–Crippen LogP) is 3.44. The molecular formula is C25H30N6O. The molecule has 7 heteroatoms. The highest BCUT2D eigenvalue weighted by atomic mass is 16.5. The number of para-hydroxylation sites is 1. The molecule has 1 aliphatic rings. The lowest BCUT2D eigenvalue weighted by Crippen LogP contribution is -2.39. The number of benzene rings is 2. The number of hydrogen-bond donors (Lipinski definition) is 1. The monoisotopic (exact) mass is 430 g/mol. The van der Waals surface area contributed by atoms with Gasteiger partial charge >= 0.3 is 0 Å². The van der Waals surface area contributed by atoms with Gasteiger partial charge in [0.05, 0.1) is 22.2 Å². The maximum atomic E-state index is 6.12. The molecule has 0 atom stereocenters. The fourth-order valence-corrected chi connectivity index (χ4v) is 4.26. The molecule has 4 aromatic rings. The Labute approximate surface area is 188 Å². The Morgan fingerprint density at radius 3 is 2.75 bits per heavy atom. The van der Waals surface area contributed by atoms with Gasteiger partial charge in [0.15, 0.2) is 0 Å². The molecule has 0 aliphatic carbocycles. The van der Waals surface area contributed by atoms with Crippen molar-refractivity contribution in [1.82, 2.24) is 19.4 Å². The summed E-state index contributed by atoms with van der Waals surface area (Å²) in [5.74, 6) is 1.70. The summed E-state index contributed by atoms with van der Waals surface area (Å²) < 4.78 is 7.91. The van der Waals surface area contributed by atoms with Crippen LogP contribution in [0.15, 0.2) is 54.9 Å². The topological polar surface area (TPSA) is 72.4 Å². The number of piperidine rings is 1. The third-order valence-corrected chi connectivity index (χ3v) is 6.14. The van der Waals surface area contributed by atoms with Crippen molar-refractivity contribution in [1.29, 1.82) is 0 Å². The zero-order valence-corrected chi connectivity index (χ0v) is 18.7. The largest absolute Gasteiger partial charge is 0.492 e. The van der Waals surface area contributed by atoms with Gasteiger partial charge in [-0.15, -0.1) is 0 Å². The summed E-state index contributed by atoms with van der Waals surface area (Å²) in [5.41, 5.74) is 10.2. The molecule has 0 amide bonds. The number of pyridine rings is 1. The van der Waals surface area contributed by atoms with Crippen LogP contribution in [0.5, 0.6) is 5.75 Å². The lowest BCUT2D eigenvalue weighted by molar-refractivity contribution is 0.261. The molecule has 1 aliphatic heterocycles. The number of likely N-dealkylation sites (N-methyl/N-ethyl adjacent to an activating group) is 1. The average Bonchev–Trinajstić information content (AvgIpc) is 3.22. The average molecular weight is 431 g/mol. The second-order valence-electron chi connectivity index (χ2n) is 8.76. The molecule has 1 fully saturated rings. The molecular weight excluding hydrogens is 400 g/mol. The first-order valence-electron chi connectivity index (χ1n) is 11.2. The molecule has 1 saturated heterocycles. The molecule has 0 radical (unpaired) electrons. The number of ether oxygens (including phenoxy) is 1. The number of aromatic nitrogens is 3. The summed E-state index contributed by atoms with van der Waals surface area (Å²) in [5, 5.41) is 1.14. The molecule has 0 bridgehead atoms. The highest BCUT2D eigenvalue weighted by Gasteiger charge is 2.19. The Morgan fingerprint density at radius 2 is 1.94 bits per heavy atom. The van der Waals surface area contributed by atoms with Crippen LogP contribution in [0.3, 0.4) is 0 Å². The second-order valence-corrected chi connectivity index (χ2v) is 8.76. The van der Waals surface area contributed by atoms with E-state index in [2.05, 4.69) is 51.2 Å². The zero-order valence-electron chi connectivity index (χ0n) is 18.7. The molecule has 5 rings (SSSR count). The normalized spacial score (nSPS) is 15.2. The van der Waals surface area contributed by atoms with Gasteiger partial charge in [0.2, 0.25) is 0 Å². The molecule has 2 aromatic heterocycles. The van der Waals surface area contributed by atoms with Crippen molar-refractivity contribution in [2.24, 2.45) is 5.73 Å². The molecule has 0 saturated carbocycles. The maximum Gasteiger partial charge on any atom is 0.139 e. The van der Waals surface area contributed by atoms with Gasteiger partial charge in [-0.25, -0.2) is 9.97 Å². The summed E-state index contributed by atoms with van der Waals surface area (Å²) >= 11 is 0. The standard InChI is InChI=1S/C25H30N6O/c1-29(2)14-15-32-20-7-8-22-21(16-20)27-17-31(22)24-9-6-18-4-3-5-23(25(18)28-24)30-12-10-19(26)11-13-30/h3-9,16-17,19H,10-15,26H2,1-2H3. The van der Waals surface area contributed by atoms with Gasteiger partial charge in [-0.05, 0) is 57.3 Å². The minimum absolute atomic E-state index is 0.304. The molecule has 166 valence electrons. The molecule has 2 aromatic carbocycles. The fourth-order valence-electron chi connectivity index (χ4n) is 4.26. The first-order chi connectivity index (χ1) is 15.6. The third kappa shape index (κ3) is 4.13. The summed E-state index contributed by atoms with van der Waals surface area (Å²) in [6.45, 7) is 3.46. The minimum Gasteiger partial charge on any atom is -0.492 e. The smallest absolute Gasteiger partial charge is 0.139 e. The Balaban J connectivity index is 1.47. The van der Waals surface area contributed by atoms with Crippen LogP contribution < -0.4 is 15.4 Å². The maximum absolute atomic E-state index is 6.12. The van der Waals surface area contributed by atoms with Gasteiger partial charge in [-0.3, -0.25) is 4.57 Å². The van der Waals surface area contributed by atoms with E-state index in [-0.39, 0.29) is 0 Å². The number of nitrogens with two attached hydrogens (primary N) is 1. The number of rotatable bonds is 6. The van der Waals surface area contributed by atoms with Gasteiger partial charge in [0.25, 0.3) is 0 Å². The molecule has 2 N–H and O–H groups in total. The fraction of sp³-hybridized carbons (Fsp3) is 0.360. The lowest BCUT2D eigenvalue weighted by atomic mass is 10.0. The van der Waals surface area contributed by atoms with Crippen LogP contribution in [0.4, 0.5) is 5.69 Å². The van der Waals surface area contributed by atoms with Crippen molar-refractivity contribution in [3.8, 4) is 11.6 Å². The highest BCUT2D eigenvalue weighted by molar-refractivity contribution is 5.92. The van der Waals surface area contributed by atoms with Crippen molar-refractivity contribution in [2.45, 2.75) is 18.9 Å². The van der Waals surface area contributed by atoms with Gasteiger partial charge in [0, 0.05) is 37.1 Å². The third-order valence-electron chi connectivity index (χ3n) is 6.14. The van der Waals surface area contributed by atoms with Crippen molar-refractivity contribution in [2.75, 3.05) is 45.2 Å². The van der Waals surface area contributed by atoms with Gasteiger partial charge in [-0.1, -0.05) is 12.1 Å². The van der Waals surface area contributed by atoms with E-state index in [1.165, 1.54) is 5.69 Å². The van der Waals surface area contributed by atoms with Gasteiger partial charge in [0.1, 0.15) is 24.5 Å². The Bertz CT molecular complexity index is 1230. The highest BCUT2D eigenvalue weighted by Crippen LogP contribution is 2.29. The number of imidazole rings is 1. The second kappa shape index (κ2) is 8.76. The van der Waals surface area contributed by atoms with Crippen LogP contribution in [-0.2, 0) is 0 Å². The van der Waals surface area contributed by atoms with E-state index in [4.69, 9.17) is 15.5 Å². The van der Waals surface area contributed by atoms with Crippen LogP contribution >= 0.6 is 0 Å². The van der Waals surface area contributed by atoms with Crippen LogP contribution in [-0.4, -0.2) is 65.8 Å². The Kier molecular flexibility index (Phi) is 5.68. The summed E-state index contributed by atoms with van der Waals surface area (Å²) in [7, 11) is 4.08. The predicted molar refractivity (Wildman–Crippen MR) is 130 cm³/mol. The summed E-state index contributed by atoms with van der Waals surface area (Å²) in [6.07, 6.45) is 3.87. The van der Waals surface area contributed by atoms with Crippen LogP contribution in [0.1, 0.15) is 12.8 Å². The van der Waals surface area contributed by atoms with E-state index in [9.17, 15) is 0 Å². The zero-order chi connectivity index (χ0) is 22.1. The van der Waals surface area contributed by atoms with E-state index in [1.54, 1.807) is 0 Å². The molecule has 0 unspecified atom stereocenters. The van der Waals surface area contributed by atoms with Crippen LogP contribution in [0, 0.1) is 0 Å². The Hall–Kier alpha value is -3.16. The van der Waals surface area contributed by atoms with Crippen molar-refractivity contribution >= 4 is 27.6 Å². The first kappa shape index (κ1) is 20.7. The molecule has 7 nitrogen and oxygen atoms in total. The summed E-state index contributed by atoms with van der Waals surface area (Å²) in [4.78, 5) is 14.2. The van der Waals surface area contributed by atoms with E-state index < -0.39 is 0 Å². The van der Waals surface area contributed by atoms with E-state index >= 15 is 0 Å². The minimum atomic E-state index is 0.304. The van der Waals surface area contributed by atoms with Gasteiger partial charge in [-0.2, -0.15) is 0 Å². The Morgan fingerprint density at radius 1 is 1.09 bits per heavy atom. The van der Waals surface area contributed by atoms with E-state index in [0.29, 0.717) is 12.6 Å². The van der Waals surface area contributed by atoms with Crippen LogP contribution in [0.2, 0.25) is 0 Å². The molecule has 3 heterocycles. The van der Waals surface area contributed by atoms with E-state index in [1.807, 2.05) is 37.1 Å². The van der Waals surface area contributed by atoms with E-state index in [0.717, 1.165) is 66.0 Å². The van der Waals surface area contributed by atoms with Crippen molar-refractivity contribution in [3.05, 3.63) is 54.9 Å². The SMILES string of the molecule is CN(C)CCOc1ccc2c(c1)ncn2-c1ccc2cccc(N3CCC(N)CC3)c2n1. The van der Waals surface area contributed by atoms with Crippen molar-refractivity contribution in [3.63, 3.8) is 0 Å². The quantitative estimate of drug-likeness (QED) is 0.505. The number of fused-ring (bicyclic) bond motifs is 2. The molecule has 0 spiro atoms.